The van der Waals surface area contributed by atoms with Gasteiger partial charge in [-0.25, -0.2) is 4.39 Å². The fourth-order valence-corrected chi connectivity index (χ4v) is 4.79. The number of benzene rings is 2. The van der Waals surface area contributed by atoms with Crippen LogP contribution in [-0.2, 0) is 13.1 Å². The van der Waals surface area contributed by atoms with Gasteiger partial charge in [-0.1, -0.05) is 42.1 Å². The van der Waals surface area contributed by atoms with E-state index in [9.17, 15) is 9.18 Å². The number of thioether (sulfide) groups is 1. The summed E-state index contributed by atoms with van der Waals surface area (Å²) in [5.41, 5.74) is 3.22. The molecule has 0 N–H and O–H groups in total. The molecule has 0 fully saturated rings. The Bertz CT molecular complexity index is 1230. The quantitative estimate of drug-likeness (QED) is 0.297. The van der Waals surface area contributed by atoms with Crippen molar-refractivity contribution in [3.05, 3.63) is 65.6 Å². The molecular weight excluding hydrogens is 399 g/mol. The maximum absolute atomic E-state index is 14.2. The summed E-state index contributed by atoms with van der Waals surface area (Å²) < 4.78 is 18.2. The Kier molecular flexibility index (Phi) is 5.72. The summed E-state index contributed by atoms with van der Waals surface area (Å²) in [6.45, 7) is 7.42. The second-order valence-electron chi connectivity index (χ2n) is 6.96. The number of Topliss-reactive ketones (excluding diaryl/α,β-unsaturated/α-hetero) is 1. The van der Waals surface area contributed by atoms with Crippen LogP contribution in [0.2, 0.25) is 0 Å². The first-order chi connectivity index (χ1) is 14.6. The Morgan fingerprint density at radius 2 is 1.70 bits per heavy atom. The summed E-state index contributed by atoms with van der Waals surface area (Å²) >= 11 is 1.34. The van der Waals surface area contributed by atoms with Crippen molar-refractivity contribution in [1.29, 1.82) is 0 Å². The van der Waals surface area contributed by atoms with Gasteiger partial charge in [0.15, 0.2) is 16.8 Å². The number of rotatable bonds is 7. The number of hydrogen-bond acceptors (Lipinski definition) is 4. The Morgan fingerprint density at radius 3 is 2.43 bits per heavy atom. The number of fused-ring (bicyclic) bond motifs is 1. The zero-order chi connectivity index (χ0) is 21.3. The van der Waals surface area contributed by atoms with Crippen LogP contribution in [0.1, 0.15) is 29.9 Å². The number of aryl methyl sites for hydroxylation is 1. The zero-order valence-corrected chi connectivity index (χ0v) is 18.0. The third-order valence-electron chi connectivity index (χ3n) is 5.31. The smallest absolute Gasteiger partial charge is 0.191 e. The predicted molar refractivity (Wildman–Crippen MR) is 118 cm³/mol. The molecule has 4 aromatic rings. The highest BCUT2D eigenvalue weighted by atomic mass is 32.2. The number of hydrogen-bond donors (Lipinski definition) is 0. The molecule has 30 heavy (non-hydrogen) atoms. The lowest BCUT2D eigenvalue weighted by atomic mass is 10.1. The first kappa shape index (κ1) is 20.3. The molecule has 0 radical (unpaired) electrons. The molecule has 5 nitrogen and oxygen atoms in total. The molecule has 2 heterocycles. The van der Waals surface area contributed by atoms with Crippen LogP contribution in [0.5, 0.6) is 0 Å². The van der Waals surface area contributed by atoms with Crippen LogP contribution in [0.4, 0.5) is 4.39 Å². The van der Waals surface area contributed by atoms with Gasteiger partial charge in [-0.05, 0) is 39.0 Å². The summed E-state index contributed by atoms with van der Waals surface area (Å²) in [6.07, 6.45) is 0. The van der Waals surface area contributed by atoms with Crippen molar-refractivity contribution in [2.75, 3.05) is 5.75 Å². The largest absolute Gasteiger partial charge is 0.344 e. The first-order valence-corrected chi connectivity index (χ1v) is 11.0. The highest BCUT2D eigenvalue weighted by Gasteiger charge is 2.21. The summed E-state index contributed by atoms with van der Waals surface area (Å²) in [7, 11) is 0. The van der Waals surface area contributed by atoms with Gasteiger partial charge in [-0.15, -0.1) is 10.2 Å². The second-order valence-corrected chi connectivity index (χ2v) is 7.91. The summed E-state index contributed by atoms with van der Waals surface area (Å²) in [5.74, 6) is 0.437. The topological polar surface area (TPSA) is 52.7 Å². The molecule has 0 bridgehead atoms. The molecule has 0 aliphatic rings. The monoisotopic (exact) mass is 422 g/mol. The van der Waals surface area contributed by atoms with Gasteiger partial charge in [-0.2, -0.15) is 0 Å². The molecule has 2 aromatic carbocycles. The van der Waals surface area contributed by atoms with Gasteiger partial charge in [-0.3, -0.25) is 4.79 Å². The van der Waals surface area contributed by atoms with Crippen molar-refractivity contribution in [2.45, 2.75) is 39.0 Å². The Hall–Kier alpha value is -2.93. The molecule has 0 amide bonds. The molecule has 0 spiro atoms. The van der Waals surface area contributed by atoms with Crippen LogP contribution >= 0.6 is 11.8 Å². The Morgan fingerprint density at radius 1 is 1.00 bits per heavy atom. The first-order valence-electron chi connectivity index (χ1n) is 9.98. The van der Waals surface area contributed by atoms with Crippen LogP contribution in [0.25, 0.3) is 22.3 Å². The minimum Gasteiger partial charge on any atom is -0.344 e. The molecule has 0 saturated carbocycles. The molecule has 2 aromatic heterocycles. The van der Waals surface area contributed by atoms with Crippen LogP contribution in [0.3, 0.4) is 0 Å². The molecule has 4 rings (SSSR count). The zero-order valence-electron chi connectivity index (χ0n) is 17.2. The third-order valence-corrected chi connectivity index (χ3v) is 6.27. The lowest BCUT2D eigenvalue weighted by Gasteiger charge is -2.08. The highest BCUT2D eigenvalue weighted by molar-refractivity contribution is 7.99. The molecule has 0 saturated heterocycles. The average Bonchev–Trinajstić information content (AvgIpc) is 3.29. The number of para-hydroxylation sites is 1. The number of ketones is 1. The van der Waals surface area contributed by atoms with Crippen LogP contribution in [-0.4, -0.2) is 30.9 Å². The van der Waals surface area contributed by atoms with Gasteiger partial charge >= 0.3 is 0 Å². The van der Waals surface area contributed by atoms with Crippen molar-refractivity contribution in [2.24, 2.45) is 0 Å². The van der Waals surface area contributed by atoms with E-state index in [2.05, 4.69) is 21.7 Å². The minimum atomic E-state index is -0.338. The van der Waals surface area contributed by atoms with Gasteiger partial charge in [0.05, 0.1) is 11.3 Å². The van der Waals surface area contributed by atoms with E-state index in [1.807, 2.05) is 42.7 Å². The molecule has 0 aliphatic heterocycles. The van der Waals surface area contributed by atoms with Crippen LogP contribution in [0.15, 0.2) is 53.7 Å². The number of halogens is 1. The predicted octanol–water partition coefficient (Wildman–Crippen LogP) is 5.36. The summed E-state index contributed by atoms with van der Waals surface area (Å²) in [5, 5.41) is 10.0. The van der Waals surface area contributed by atoms with E-state index in [1.54, 1.807) is 18.2 Å². The minimum absolute atomic E-state index is 0.0546. The maximum atomic E-state index is 14.2. The van der Waals surface area contributed by atoms with E-state index in [0.717, 1.165) is 28.7 Å². The number of carbonyl (C=O) groups is 1. The van der Waals surface area contributed by atoms with E-state index in [1.165, 1.54) is 17.8 Å². The SMILES string of the molecule is CCn1c(SCC(=O)c2c(C)n(CC)c3ccccc23)nnc1-c1ccccc1F. The summed E-state index contributed by atoms with van der Waals surface area (Å²) in [6, 6.07) is 14.5. The van der Waals surface area contributed by atoms with Crippen LogP contribution in [0, 0.1) is 12.7 Å². The fraction of sp³-hybridized carbons (Fsp3) is 0.261. The van der Waals surface area contributed by atoms with Gasteiger partial charge in [0, 0.05) is 35.2 Å². The van der Waals surface area contributed by atoms with E-state index >= 15 is 0 Å². The normalized spacial score (nSPS) is 11.3. The van der Waals surface area contributed by atoms with Crippen molar-refractivity contribution < 1.29 is 9.18 Å². The third kappa shape index (κ3) is 3.43. The lowest BCUT2D eigenvalue weighted by molar-refractivity contribution is 0.102. The summed E-state index contributed by atoms with van der Waals surface area (Å²) in [4.78, 5) is 13.2. The average molecular weight is 423 g/mol. The van der Waals surface area contributed by atoms with E-state index in [0.29, 0.717) is 23.1 Å². The maximum Gasteiger partial charge on any atom is 0.191 e. The molecule has 154 valence electrons. The molecule has 0 unspecified atom stereocenters. The molecule has 7 heteroatoms. The number of nitrogens with zero attached hydrogens (tertiary/aromatic N) is 4. The van der Waals surface area contributed by atoms with Crippen molar-refractivity contribution in [1.82, 2.24) is 19.3 Å². The Balaban J connectivity index is 1.62. The van der Waals surface area contributed by atoms with Gasteiger partial charge < -0.3 is 9.13 Å². The van der Waals surface area contributed by atoms with Gasteiger partial charge in [0.25, 0.3) is 0 Å². The highest BCUT2D eigenvalue weighted by Crippen LogP contribution is 2.30. The lowest BCUT2D eigenvalue weighted by Crippen LogP contribution is -2.07. The van der Waals surface area contributed by atoms with Crippen molar-refractivity contribution >= 4 is 28.4 Å². The fourth-order valence-electron chi connectivity index (χ4n) is 3.92. The van der Waals surface area contributed by atoms with E-state index in [4.69, 9.17) is 0 Å². The van der Waals surface area contributed by atoms with Crippen molar-refractivity contribution in [3.8, 4) is 11.4 Å². The molecular formula is C23H23FN4OS. The molecule has 0 atom stereocenters. The Labute approximate surface area is 178 Å². The molecule has 0 aliphatic carbocycles. The van der Waals surface area contributed by atoms with E-state index in [-0.39, 0.29) is 17.4 Å². The van der Waals surface area contributed by atoms with E-state index < -0.39 is 0 Å². The standard InChI is InChI=1S/C23H23FN4OS/c1-4-27-15(3)21(17-11-7-9-13-19(17)27)20(29)14-30-23-26-25-22(28(23)5-2)16-10-6-8-12-18(16)24/h6-13H,4-5,14H2,1-3H3. The second kappa shape index (κ2) is 8.44. The number of carbonyl (C=O) groups excluding carboxylic acids is 1. The number of aromatic nitrogens is 4. The van der Waals surface area contributed by atoms with Gasteiger partial charge in [0.2, 0.25) is 0 Å². The van der Waals surface area contributed by atoms with Gasteiger partial charge in [0.1, 0.15) is 5.82 Å². The van der Waals surface area contributed by atoms with Crippen molar-refractivity contribution in [3.63, 3.8) is 0 Å². The van der Waals surface area contributed by atoms with Crippen LogP contribution < -0.4 is 0 Å².